The number of benzene rings is 2. The Morgan fingerprint density at radius 1 is 0.957 bits per heavy atom. The maximum atomic E-state index is 13.2. The Bertz CT molecular complexity index is 759. The van der Waals surface area contributed by atoms with Gasteiger partial charge in [0.05, 0.1) is 11.6 Å². The van der Waals surface area contributed by atoms with Crippen molar-refractivity contribution in [3.63, 3.8) is 0 Å². The van der Waals surface area contributed by atoms with Crippen molar-refractivity contribution < 1.29 is 8.81 Å². The normalized spacial score (nSPS) is 10.3. The van der Waals surface area contributed by atoms with Gasteiger partial charge in [0.15, 0.2) is 0 Å². The van der Waals surface area contributed by atoms with E-state index in [4.69, 9.17) is 16.0 Å². The van der Waals surface area contributed by atoms with Crippen LogP contribution >= 0.6 is 24.0 Å². The third-order valence-corrected chi connectivity index (χ3v) is 3.63. The number of rotatable bonds is 5. The van der Waals surface area contributed by atoms with E-state index in [1.54, 1.807) is 12.1 Å². The highest BCUT2D eigenvalue weighted by Crippen LogP contribution is 2.26. The minimum Gasteiger partial charge on any atom is -0.460 e. The zero-order valence-electron chi connectivity index (χ0n) is 12.3. The van der Waals surface area contributed by atoms with E-state index in [-0.39, 0.29) is 17.4 Å². The monoisotopic (exact) mass is 351 g/mol. The topological polar surface area (TPSA) is 25.2 Å². The van der Waals surface area contributed by atoms with Crippen LogP contribution in [-0.4, -0.2) is 0 Å². The van der Waals surface area contributed by atoms with Gasteiger partial charge in [0.25, 0.3) is 0 Å². The molecule has 0 saturated carbocycles. The van der Waals surface area contributed by atoms with Gasteiger partial charge in [0.2, 0.25) is 0 Å². The zero-order valence-corrected chi connectivity index (χ0v) is 13.8. The van der Waals surface area contributed by atoms with Gasteiger partial charge in [-0.2, -0.15) is 0 Å². The van der Waals surface area contributed by atoms with Crippen LogP contribution in [-0.2, 0) is 13.1 Å². The number of furan rings is 1. The predicted molar refractivity (Wildman–Crippen MR) is 93.3 cm³/mol. The van der Waals surface area contributed by atoms with Gasteiger partial charge in [-0.15, -0.1) is 12.4 Å². The van der Waals surface area contributed by atoms with E-state index in [0.717, 1.165) is 17.9 Å². The van der Waals surface area contributed by atoms with Crippen molar-refractivity contribution in [2.24, 2.45) is 0 Å². The lowest BCUT2D eigenvalue weighted by molar-refractivity contribution is 0.493. The molecule has 5 heteroatoms. The molecule has 23 heavy (non-hydrogen) atoms. The standard InChI is InChI=1S/C18H15ClFNO.ClH/c19-16-10-14(6-8-17(16)20)18-9-7-15(22-18)12-21-11-13-4-2-1-3-5-13;/h1-10,21H,11-12H2;1H. The number of hydrogen-bond acceptors (Lipinski definition) is 2. The molecule has 1 aromatic heterocycles. The van der Waals surface area contributed by atoms with Crippen molar-refractivity contribution in [2.45, 2.75) is 13.1 Å². The van der Waals surface area contributed by atoms with E-state index < -0.39 is 5.82 Å². The Kier molecular flexibility index (Phi) is 6.22. The maximum Gasteiger partial charge on any atom is 0.141 e. The molecule has 2 nitrogen and oxygen atoms in total. The SMILES string of the molecule is Cl.Fc1ccc(-c2ccc(CNCc3ccccc3)o2)cc1Cl. The molecule has 0 unspecified atom stereocenters. The van der Waals surface area contributed by atoms with Crippen molar-refractivity contribution in [3.05, 3.63) is 82.8 Å². The van der Waals surface area contributed by atoms with E-state index in [9.17, 15) is 4.39 Å². The molecule has 0 aliphatic rings. The maximum absolute atomic E-state index is 13.2. The minimum absolute atomic E-state index is 0. The highest BCUT2D eigenvalue weighted by atomic mass is 35.5. The Hall–Kier alpha value is -1.81. The number of hydrogen-bond donors (Lipinski definition) is 1. The van der Waals surface area contributed by atoms with Crippen LogP contribution in [0.4, 0.5) is 4.39 Å². The molecular formula is C18H16Cl2FNO. The van der Waals surface area contributed by atoms with Gasteiger partial charge >= 0.3 is 0 Å². The summed E-state index contributed by atoms with van der Waals surface area (Å²) in [6, 6.07) is 18.5. The summed E-state index contributed by atoms with van der Waals surface area (Å²) in [6.07, 6.45) is 0. The molecule has 0 atom stereocenters. The fraction of sp³-hybridized carbons (Fsp3) is 0.111. The van der Waals surface area contributed by atoms with Gasteiger partial charge in [-0.25, -0.2) is 4.39 Å². The molecule has 0 aliphatic carbocycles. The molecule has 0 amide bonds. The summed E-state index contributed by atoms with van der Waals surface area (Å²) in [5.74, 6) is 1.08. The minimum atomic E-state index is -0.429. The summed E-state index contributed by atoms with van der Waals surface area (Å²) in [5, 5.41) is 3.42. The van der Waals surface area contributed by atoms with Crippen LogP contribution in [0.5, 0.6) is 0 Å². The number of nitrogens with one attached hydrogen (secondary N) is 1. The van der Waals surface area contributed by atoms with Gasteiger partial charge < -0.3 is 9.73 Å². The largest absolute Gasteiger partial charge is 0.460 e. The first kappa shape index (κ1) is 17.5. The van der Waals surface area contributed by atoms with E-state index in [2.05, 4.69) is 17.4 Å². The lowest BCUT2D eigenvalue weighted by Crippen LogP contribution is -2.11. The fourth-order valence-electron chi connectivity index (χ4n) is 2.20. The molecule has 0 bridgehead atoms. The van der Waals surface area contributed by atoms with Crippen LogP contribution in [0.3, 0.4) is 0 Å². The molecule has 0 fully saturated rings. The molecule has 120 valence electrons. The van der Waals surface area contributed by atoms with Crippen molar-refractivity contribution in [3.8, 4) is 11.3 Å². The highest BCUT2D eigenvalue weighted by molar-refractivity contribution is 6.31. The summed E-state index contributed by atoms with van der Waals surface area (Å²) >= 11 is 5.79. The van der Waals surface area contributed by atoms with E-state index >= 15 is 0 Å². The van der Waals surface area contributed by atoms with Gasteiger partial charge in [-0.3, -0.25) is 0 Å². The number of halogens is 3. The molecule has 1 heterocycles. The molecule has 0 radical (unpaired) electrons. The molecule has 3 rings (SSSR count). The summed E-state index contributed by atoms with van der Waals surface area (Å²) in [4.78, 5) is 0. The average molecular weight is 352 g/mol. The first-order chi connectivity index (χ1) is 10.7. The third kappa shape index (κ3) is 4.58. The second kappa shape index (κ2) is 8.16. The fourth-order valence-corrected chi connectivity index (χ4v) is 2.38. The molecule has 0 aliphatic heterocycles. The van der Waals surface area contributed by atoms with Crippen LogP contribution in [0.1, 0.15) is 11.3 Å². The summed E-state index contributed by atoms with van der Waals surface area (Å²) in [7, 11) is 0. The quantitative estimate of drug-likeness (QED) is 0.660. The zero-order chi connectivity index (χ0) is 15.4. The van der Waals surface area contributed by atoms with Crippen molar-refractivity contribution in [1.82, 2.24) is 5.32 Å². The average Bonchev–Trinajstić information content (AvgIpc) is 3.00. The van der Waals surface area contributed by atoms with Crippen molar-refractivity contribution in [1.29, 1.82) is 0 Å². The Morgan fingerprint density at radius 3 is 2.48 bits per heavy atom. The second-order valence-corrected chi connectivity index (χ2v) is 5.39. The van der Waals surface area contributed by atoms with E-state index in [1.807, 2.05) is 30.3 Å². The first-order valence-electron chi connectivity index (χ1n) is 7.01. The second-order valence-electron chi connectivity index (χ2n) is 4.98. The third-order valence-electron chi connectivity index (χ3n) is 3.34. The van der Waals surface area contributed by atoms with Gasteiger partial charge in [-0.05, 0) is 35.9 Å². The van der Waals surface area contributed by atoms with Crippen molar-refractivity contribution in [2.75, 3.05) is 0 Å². The summed E-state index contributed by atoms with van der Waals surface area (Å²) < 4.78 is 18.9. The molecule has 0 saturated heterocycles. The predicted octanol–water partition coefficient (Wildman–Crippen LogP) is 5.45. The summed E-state index contributed by atoms with van der Waals surface area (Å²) in [6.45, 7) is 1.41. The highest BCUT2D eigenvalue weighted by Gasteiger charge is 2.07. The van der Waals surface area contributed by atoms with Gasteiger partial charge in [0.1, 0.15) is 17.3 Å². The molecule has 3 aromatic rings. The molecule has 1 N–H and O–H groups in total. The Labute approximate surface area is 145 Å². The van der Waals surface area contributed by atoms with Crippen LogP contribution < -0.4 is 5.32 Å². The molecular weight excluding hydrogens is 336 g/mol. The lowest BCUT2D eigenvalue weighted by Gasteiger charge is -2.03. The van der Waals surface area contributed by atoms with Crippen LogP contribution in [0, 0.1) is 5.82 Å². The first-order valence-corrected chi connectivity index (χ1v) is 7.39. The Balaban J connectivity index is 0.00000192. The van der Waals surface area contributed by atoms with Gasteiger partial charge in [-0.1, -0.05) is 41.9 Å². The molecule has 0 spiro atoms. The lowest BCUT2D eigenvalue weighted by atomic mass is 10.2. The van der Waals surface area contributed by atoms with Crippen LogP contribution in [0.25, 0.3) is 11.3 Å². The Morgan fingerprint density at radius 2 is 1.74 bits per heavy atom. The van der Waals surface area contributed by atoms with Crippen molar-refractivity contribution >= 4 is 24.0 Å². The van der Waals surface area contributed by atoms with E-state index in [1.165, 1.54) is 11.6 Å². The van der Waals surface area contributed by atoms with Crippen LogP contribution in [0.15, 0.2) is 65.1 Å². The van der Waals surface area contributed by atoms with Gasteiger partial charge in [0, 0.05) is 12.1 Å². The smallest absolute Gasteiger partial charge is 0.141 e. The summed E-state index contributed by atoms with van der Waals surface area (Å²) in [5.41, 5.74) is 1.99. The van der Waals surface area contributed by atoms with E-state index in [0.29, 0.717) is 12.3 Å². The molecule has 2 aromatic carbocycles. The van der Waals surface area contributed by atoms with Crippen LogP contribution in [0.2, 0.25) is 5.02 Å².